The van der Waals surface area contributed by atoms with Crippen LogP contribution < -0.4 is 0 Å². The summed E-state index contributed by atoms with van der Waals surface area (Å²) in [5.41, 5.74) is 2.88. The summed E-state index contributed by atoms with van der Waals surface area (Å²) in [7, 11) is 0. The van der Waals surface area contributed by atoms with Crippen molar-refractivity contribution in [2.75, 3.05) is 0 Å². The first-order chi connectivity index (χ1) is 10.8. The number of nitrogens with zero attached hydrogens (tertiary/aromatic N) is 1. The van der Waals surface area contributed by atoms with Crippen LogP contribution in [0.5, 0.6) is 0 Å². The number of aromatic nitrogens is 1. The molecule has 0 radical (unpaired) electrons. The Balaban J connectivity index is 1.63. The van der Waals surface area contributed by atoms with Crippen molar-refractivity contribution in [3.63, 3.8) is 0 Å². The van der Waals surface area contributed by atoms with E-state index in [1.54, 1.807) is 0 Å². The summed E-state index contributed by atoms with van der Waals surface area (Å²) in [5, 5.41) is 1.08. The maximum absolute atomic E-state index is 12.9. The minimum absolute atomic E-state index is 0.0996. The molecule has 0 atom stereocenters. The summed E-state index contributed by atoms with van der Waals surface area (Å²) in [5.74, 6) is 0.0996. The Morgan fingerprint density at radius 2 is 1.77 bits per heavy atom. The lowest BCUT2D eigenvalue weighted by atomic mass is 10.2. The maximum Gasteiger partial charge on any atom is 0.270 e. The van der Waals surface area contributed by atoms with E-state index in [9.17, 15) is 4.79 Å². The number of rotatable bonds is 4. The SMILES string of the molecule is O=C(c1cc2ccccc2[nH]1)N(Cc1ccccc1)C1CC1. The number of amides is 1. The van der Waals surface area contributed by atoms with Gasteiger partial charge in [0.15, 0.2) is 0 Å². The van der Waals surface area contributed by atoms with Crippen molar-refractivity contribution in [3.8, 4) is 0 Å². The van der Waals surface area contributed by atoms with Crippen molar-refractivity contribution in [1.29, 1.82) is 0 Å². The number of nitrogens with one attached hydrogen (secondary N) is 1. The van der Waals surface area contributed by atoms with Crippen LogP contribution in [0.4, 0.5) is 0 Å². The molecule has 1 heterocycles. The largest absolute Gasteiger partial charge is 0.351 e. The van der Waals surface area contributed by atoms with Crippen LogP contribution in [-0.2, 0) is 6.54 Å². The van der Waals surface area contributed by atoms with Crippen LogP contribution in [0.2, 0.25) is 0 Å². The fourth-order valence-electron chi connectivity index (χ4n) is 2.88. The van der Waals surface area contributed by atoms with Crippen LogP contribution in [0.1, 0.15) is 28.9 Å². The van der Waals surface area contributed by atoms with Gasteiger partial charge in [-0.05, 0) is 30.5 Å². The number of fused-ring (bicyclic) bond motifs is 1. The van der Waals surface area contributed by atoms with E-state index in [-0.39, 0.29) is 5.91 Å². The Kier molecular flexibility index (Phi) is 3.19. The highest BCUT2D eigenvalue weighted by Crippen LogP contribution is 2.30. The average molecular weight is 290 g/mol. The molecule has 2 aromatic carbocycles. The molecule has 110 valence electrons. The molecular formula is C19H18N2O. The van der Waals surface area contributed by atoms with Crippen LogP contribution in [0.25, 0.3) is 10.9 Å². The minimum Gasteiger partial charge on any atom is -0.351 e. The fraction of sp³-hybridized carbons (Fsp3) is 0.211. The smallest absolute Gasteiger partial charge is 0.270 e. The molecule has 1 aliphatic carbocycles. The summed E-state index contributed by atoms with van der Waals surface area (Å²) >= 11 is 0. The molecule has 0 unspecified atom stereocenters. The topological polar surface area (TPSA) is 36.1 Å². The molecule has 0 spiro atoms. The van der Waals surface area contributed by atoms with Crippen LogP contribution in [0.3, 0.4) is 0 Å². The zero-order chi connectivity index (χ0) is 14.9. The summed E-state index contributed by atoms with van der Waals surface area (Å²) < 4.78 is 0. The van der Waals surface area contributed by atoms with Crippen molar-refractivity contribution in [1.82, 2.24) is 9.88 Å². The number of aromatic amines is 1. The third-order valence-corrected chi connectivity index (χ3v) is 4.20. The molecule has 3 heteroatoms. The molecule has 1 aromatic heterocycles. The molecule has 0 saturated heterocycles. The van der Waals surface area contributed by atoms with Crippen LogP contribution in [0, 0.1) is 0 Å². The molecule has 4 rings (SSSR count). The van der Waals surface area contributed by atoms with Gasteiger partial charge in [-0.2, -0.15) is 0 Å². The standard InChI is InChI=1S/C19H18N2O/c22-19(18-12-15-8-4-5-9-17(15)20-18)21(16-10-11-16)13-14-6-2-1-3-7-14/h1-9,12,16,20H,10-11,13H2. The number of carbonyl (C=O) groups is 1. The van der Waals surface area contributed by atoms with E-state index < -0.39 is 0 Å². The Labute approximate surface area is 129 Å². The van der Waals surface area contributed by atoms with Crippen LogP contribution >= 0.6 is 0 Å². The first kappa shape index (κ1) is 13.1. The number of carbonyl (C=O) groups excluding carboxylic acids is 1. The molecule has 1 saturated carbocycles. The van der Waals surface area contributed by atoms with Crippen molar-refractivity contribution in [3.05, 3.63) is 71.9 Å². The molecule has 22 heavy (non-hydrogen) atoms. The van der Waals surface area contributed by atoms with E-state index in [0.29, 0.717) is 18.3 Å². The summed E-state index contributed by atoms with van der Waals surface area (Å²) in [4.78, 5) is 18.1. The van der Waals surface area contributed by atoms with Gasteiger partial charge in [0, 0.05) is 23.5 Å². The van der Waals surface area contributed by atoms with Gasteiger partial charge in [0.2, 0.25) is 0 Å². The van der Waals surface area contributed by atoms with Crippen molar-refractivity contribution in [2.24, 2.45) is 0 Å². The predicted octanol–water partition coefficient (Wildman–Crippen LogP) is 3.97. The number of para-hydroxylation sites is 1. The zero-order valence-electron chi connectivity index (χ0n) is 12.3. The van der Waals surface area contributed by atoms with Crippen molar-refractivity contribution in [2.45, 2.75) is 25.4 Å². The van der Waals surface area contributed by atoms with Gasteiger partial charge < -0.3 is 9.88 Å². The Morgan fingerprint density at radius 1 is 1.05 bits per heavy atom. The molecule has 3 aromatic rings. The Morgan fingerprint density at radius 3 is 2.50 bits per heavy atom. The van der Waals surface area contributed by atoms with E-state index in [0.717, 1.165) is 23.7 Å². The van der Waals surface area contributed by atoms with Crippen LogP contribution in [0.15, 0.2) is 60.7 Å². The van der Waals surface area contributed by atoms with Crippen molar-refractivity contribution < 1.29 is 4.79 Å². The second-order valence-corrected chi connectivity index (χ2v) is 5.92. The molecular weight excluding hydrogens is 272 g/mol. The average Bonchev–Trinajstić information content (AvgIpc) is 3.30. The molecule has 3 nitrogen and oxygen atoms in total. The van der Waals surface area contributed by atoms with Gasteiger partial charge in [-0.25, -0.2) is 0 Å². The van der Waals surface area contributed by atoms with Crippen molar-refractivity contribution >= 4 is 16.8 Å². The molecule has 0 aliphatic heterocycles. The number of H-pyrrole nitrogens is 1. The maximum atomic E-state index is 12.9. The third kappa shape index (κ3) is 2.50. The molecule has 1 amide bonds. The summed E-state index contributed by atoms with van der Waals surface area (Å²) in [6, 6.07) is 20.6. The van der Waals surface area contributed by atoms with E-state index in [1.807, 2.05) is 53.4 Å². The monoisotopic (exact) mass is 290 g/mol. The zero-order valence-corrected chi connectivity index (χ0v) is 12.3. The lowest BCUT2D eigenvalue weighted by molar-refractivity contribution is 0.0725. The quantitative estimate of drug-likeness (QED) is 0.775. The molecule has 1 fully saturated rings. The number of benzene rings is 2. The second kappa shape index (κ2) is 5.34. The van der Waals surface area contributed by atoms with E-state index in [1.165, 1.54) is 5.56 Å². The summed E-state index contributed by atoms with van der Waals surface area (Å²) in [6.07, 6.45) is 2.22. The van der Waals surface area contributed by atoms with Gasteiger partial charge in [-0.3, -0.25) is 4.79 Å². The normalized spacial score (nSPS) is 14.2. The van der Waals surface area contributed by atoms with E-state index in [2.05, 4.69) is 17.1 Å². The first-order valence-corrected chi connectivity index (χ1v) is 7.74. The van der Waals surface area contributed by atoms with Gasteiger partial charge in [0.1, 0.15) is 5.69 Å². The highest BCUT2D eigenvalue weighted by atomic mass is 16.2. The highest BCUT2D eigenvalue weighted by Gasteiger charge is 2.33. The first-order valence-electron chi connectivity index (χ1n) is 7.74. The second-order valence-electron chi connectivity index (χ2n) is 5.92. The van der Waals surface area contributed by atoms with E-state index in [4.69, 9.17) is 0 Å². The van der Waals surface area contributed by atoms with Gasteiger partial charge in [-0.1, -0.05) is 48.5 Å². The Bertz CT molecular complexity index is 769. The van der Waals surface area contributed by atoms with Crippen LogP contribution in [-0.4, -0.2) is 21.8 Å². The Hall–Kier alpha value is -2.55. The summed E-state index contributed by atoms with van der Waals surface area (Å²) in [6.45, 7) is 0.680. The van der Waals surface area contributed by atoms with Gasteiger partial charge in [-0.15, -0.1) is 0 Å². The molecule has 1 N–H and O–H groups in total. The molecule has 0 bridgehead atoms. The number of hydrogen-bond acceptors (Lipinski definition) is 1. The lowest BCUT2D eigenvalue weighted by Crippen LogP contribution is -2.32. The van der Waals surface area contributed by atoms with Gasteiger partial charge in [0.05, 0.1) is 0 Å². The van der Waals surface area contributed by atoms with E-state index >= 15 is 0 Å². The third-order valence-electron chi connectivity index (χ3n) is 4.20. The fourth-order valence-corrected chi connectivity index (χ4v) is 2.88. The minimum atomic E-state index is 0.0996. The molecule has 1 aliphatic rings. The highest BCUT2D eigenvalue weighted by molar-refractivity contribution is 5.98. The lowest BCUT2D eigenvalue weighted by Gasteiger charge is -2.22. The number of hydrogen-bond donors (Lipinski definition) is 1. The van der Waals surface area contributed by atoms with Gasteiger partial charge in [0.25, 0.3) is 5.91 Å². The van der Waals surface area contributed by atoms with Gasteiger partial charge >= 0.3 is 0 Å². The predicted molar refractivity (Wildman–Crippen MR) is 87.6 cm³/mol.